The third kappa shape index (κ3) is 1.58. The van der Waals surface area contributed by atoms with E-state index in [0.29, 0.717) is 0 Å². The molecule has 3 N–H and O–H groups in total. The molecule has 0 spiro atoms. The number of carbonyl (C=O) groups excluding carboxylic acids is 1. The van der Waals surface area contributed by atoms with Gasteiger partial charge in [0, 0.05) is 0 Å². The number of hydrogen-bond donors (Lipinski definition) is 2. The van der Waals surface area contributed by atoms with Crippen LogP contribution in [0.3, 0.4) is 0 Å². The normalized spacial score (nSPS) is 14.7. The molecule has 1 aliphatic rings. The van der Waals surface area contributed by atoms with Crippen LogP contribution in [0.15, 0.2) is 6.07 Å². The third-order valence-electron chi connectivity index (χ3n) is 3.15. The molecule has 0 aromatic heterocycles. The first-order valence-corrected chi connectivity index (χ1v) is 5.25. The molecule has 0 radical (unpaired) electrons. The highest BCUT2D eigenvalue weighted by molar-refractivity contribution is 5.97. The van der Waals surface area contributed by atoms with E-state index in [4.69, 9.17) is 5.73 Å². The zero-order chi connectivity index (χ0) is 11.0. The van der Waals surface area contributed by atoms with E-state index in [1.165, 1.54) is 11.1 Å². The second-order valence-electron chi connectivity index (χ2n) is 4.10. The zero-order valence-corrected chi connectivity index (χ0v) is 8.84. The van der Waals surface area contributed by atoms with Crippen molar-refractivity contribution >= 4 is 5.91 Å². The van der Waals surface area contributed by atoms with Crippen LogP contribution in [0.5, 0.6) is 5.75 Å². The summed E-state index contributed by atoms with van der Waals surface area (Å²) in [6.45, 7) is 1.87. The molecule has 1 aliphatic carbocycles. The molecule has 1 aromatic carbocycles. The van der Waals surface area contributed by atoms with Gasteiger partial charge in [0.15, 0.2) is 0 Å². The first-order valence-electron chi connectivity index (χ1n) is 5.25. The lowest BCUT2D eigenvalue weighted by molar-refractivity contribution is 0.0997. The van der Waals surface area contributed by atoms with Crippen molar-refractivity contribution < 1.29 is 9.90 Å². The lowest BCUT2D eigenvalue weighted by Gasteiger charge is -2.20. The Bertz CT molecular complexity index is 424. The highest BCUT2D eigenvalue weighted by Crippen LogP contribution is 2.32. The van der Waals surface area contributed by atoms with Gasteiger partial charge in [-0.25, -0.2) is 0 Å². The summed E-state index contributed by atoms with van der Waals surface area (Å²) in [7, 11) is 0. The van der Waals surface area contributed by atoms with Crippen molar-refractivity contribution in [1.82, 2.24) is 0 Å². The van der Waals surface area contributed by atoms with Crippen LogP contribution in [0, 0.1) is 6.92 Å². The number of benzene rings is 1. The number of fused-ring (bicyclic) bond motifs is 1. The summed E-state index contributed by atoms with van der Waals surface area (Å²) in [5.74, 6) is -0.515. The molecule has 0 aliphatic heterocycles. The minimum Gasteiger partial charge on any atom is -0.507 e. The fourth-order valence-electron chi connectivity index (χ4n) is 2.41. The number of aromatic hydroxyl groups is 1. The molecule has 0 heterocycles. The zero-order valence-electron chi connectivity index (χ0n) is 8.84. The first kappa shape index (κ1) is 10.0. The summed E-state index contributed by atoms with van der Waals surface area (Å²) in [6, 6.07) is 1.70. The van der Waals surface area contributed by atoms with Crippen LogP contribution in [-0.4, -0.2) is 11.0 Å². The van der Waals surface area contributed by atoms with Gasteiger partial charge in [-0.2, -0.15) is 0 Å². The third-order valence-corrected chi connectivity index (χ3v) is 3.15. The number of phenols is 1. The largest absolute Gasteiger partial charge is 0.507 e. The molecule has 0 saturated carbocycles. The van der Waals surface area contributed by atoms with Crippen molar-refractivity contribution in [1.29, 1.82) is 0 Å². The van der Waals surface area contributed by atoms with Gasteiger partial charge in [0.25, 0.3) is 5.91 Å². The Labute approximate surface area is 88.9 Å². The predicted octanol–water partition coefficient (Wildman–Crippen LogP) is 1.68. The van der Waals surface area contributed by atoms with E-state index in [9.17, 15) is 9.90 Å². The van der Waals surface area contributed by atoms with Crippen molar-refractivity contribution in [2.45, 2.75) is 32.6 Å². The lowest BCUT2D eigenvalue weighted by atomic mass is 9.86. The van der Waals surface area contributed by atoms with E-state index in [1.54, 1.807) is 6.07 Å². The lowest BCUT2D eigenvalue weighted by Crippen LogP contribution is -2.16. The van der Waals surface area contributed by atoms with Crippen LogP contribution < -0.4 is 5.73 Å². The van der Waals surface area contributed by atoms with E-state index in [1.807, 2.05) is 6.92 Å². The van der Waals surface area contributed by atoms with Crippen LogP contribution in [0.2, 0.25) is 0 Å². The number of rotatable bonds is 1. The van der Waals surface area contributed by atoms with Crippen LogP contribution in [0.4, 0.5) is 0 Å². The number of nitrogens with two attached hydrogens (primary N) is 1. The summed E-state index contributed by atoms with van der Waals surface area (Å²) >= 11 is 0. The predicted molar refractivity (Wildman–Crippen MR) is 58.0 cm³/mol. The SMILES string of the molecule is Cc1c2c(cc(O)c1C(N)=O)CCCC2. The molecule has 80 valence electrons. The Kier molecular flexibility index (Phi) is 2.39. The van der Waals surface area contributed by atoms with Gasteiger partial charge in [-0.1, -0.05) is 0 Å². The van der Waals surface area contributed by atoms with E-state index in [-0.39, 0.29) is 11.3 Å². The van der Waals surface area contributed by atoms with Crippen molar-refractivity contribution in [3.63, 3.8) is 0 Å². The van der Waals surface area contributed by atoms with Gasteiger partial charge in [0.1, 0.15) is 5.75 Å². The van der Waals surface area contributed by atoms with Gasteiger partial charge < -0.3 is 10.8 Å². The van der Waals surface area contributed by atoms with Crippen LogP contribution >= 0.6 is 0 Å². The topological polar surface area (TPSA) is 63.3 Å². The van der Waals surface area contributed by atoms with Crippen molar-refractivity contribution in [2.24, 2.45) is 5.73 Å². The van der Waals surface area contributed by atoms with Gasteiger partial charge in [-0.15, -0.1) is 0 Å². The average Bonchev–Trinajstić information content (AvgIpc) is 2.17. The van der Waals surface area contributed by atoms with Crippen molar-refractivity contribution in [2.75, 3.05) is 0 Å². The minimum absolute atomic E-state index is 0.0284. The van der Waals surface area contributed by atoms with Crippen LogP contribution in [0.1, 0.15) is 39.9 Å². The Hall–Kier alpha value is -1.51. The van der Waals surface area contributed by atoms with Gasteiger partial charge in [0.2, 0.25) is 0 Å². The first-order chi connectivity index (χ1) is 7.11. The van der Waals surface area contributed by atoms with E-state index < -0.39 is 5.91 Å². The molecule has 0 atom stereocenters. The standard InChI is InChI=1S/C12H15NO2/c1-7-9-5-3-2-4-8(9)6-10(14)11(7)12(13)15/h6,14H,2-5H2,1H3,(H2,13,15). The molecular formula is C12H15NO2. The summed E-state index contributed by atoms with van der Waals surface area (Å²) in [5.41, 5.74) is 8.77. The molecule has 0 saturated heterocycles. The van der Waals surface area contributed by atoms with E-state index in [0.717, 1.165) is 31.2 Å². The highest BCUT2D eigenvalue weighted by atomic mass is 16.3. The monoisotopic (exact) mass is 205 g/mol. The molecule has 0 fully saturated rings. The Morgan fingerprint density at radius 2 is 2.07 bits per heavy atom. The molecule has 2 rings (SSSR count). The van der Waals surface area contributed by atoms with Crippen molar-refractivity contribution in [3.8, 4) is 5.75 Å². The maximum absolute atomic E-state index is 11.2. The van der Waals surface area contributed by atoms with Gasteiger partial charge in [0.05, 0.1) is 5.56 Å². The maximum Gasteiger partial charge on any atom is 0.252 e. The van der Waals surface area contributed by atoms with E-state index in [2.05, 4.69) is 0 Å². The Balaban J connectivity index is 2.64. The maximum atomic E-state index is 11.2. The number of amides is 1. The molecule has 15 heavy (non-hydrogen) atoms. The second kappa shape index (κ2) is 3.57. The fourth-order valence-corrected chi connectivity index (χ4v) is 2.41. The second-order valence-corrected chi connectivity index (χ2v) is 4.10. The van der Waals surface area contributed by atoms with Crippen molar-refractivity contribution in [3.05, 3.63) is 28.3 Å². The Morgan fingerprint density at radius 1 is 1.40 bits per heavy atom. The summed E-state index contributed by atoms with van der Waals surface area (Å²) in [5, 5.41) is 9.72. The molecule has 3 heteroatoms. The summed E-state index contributed by atoms with van der Waals surface area (Å²) in [4.78, 5) is 11.2. The summed E-state index contributed by atoms with van der Waals surface area (Å²) in [6.07, 6.45) is 4.28. The molecule has 1 amide bonds. The smallest absolute Gasteiger partial charge is 0.252 e. The van der Waals surface area contributed by atoms with Gasteiger partial charge in [-0.3, -0.25) is 4.79 Å². The van der Waals surface area contributed by atoms with E-state index >= 15 is 0 Å². The molecule has 1 aromatic rings. The van der Waals surface area contributed by atoms with Crippen LogP contribution in [-0.2, 0) is 12.8 Å². The number of aryl methyl sites for hydroxylation is 1. The van der Waals surface area contributed by atoms with Crippen LogP contribution in [0.25, 0.3) is 0 Å². The molecule has 0 bridgehead atoms. The number of primary amides is 1. The van der Waals surface area contributed by atoms with Gasteiger partial charge >= 0.3 is 0 Å². The molecule has 0 unspecified atom stereocenters. The Morgan fingerprint density at radius 3 is 2.73 bits per heavy atom. The molecule has 3 nitrogen and oxygen atoms in total. The average molecular weight is 205 g/mol. The van der Waals surface area contributed by atoms with Gasteiger partial charge in [-0.05, 0) is 55.4 Å². The summed E-state index contributed by atoms with van der Waals surface area (Å²) < 4.78 is 0. The quantitative estimate of drug-likeness (QED) is 0.732. The number of carbonyl (C=O) groups is 1. The minimum atomic E-state index is -0.543. The fraction of sp³-hybridized carbons (Fsp3) is 0.417. The number of hydrogen-bond acceptors (Lipinski definition) is 2. The highest BCUT2D eigenvalue weighted by Gasteiger charge is 2.19. The molecular weight excluding hydrogens is 190 g/mol.